The number of hydrogen-bond acceptors (Lipinski definition) is 15. The Hall–Kier alpha value is -3.51. The molecule has 2 aliphatic rings. The standard InChI is InChI=1S/C27H30O15/c1-9-17(31)20(34)22(36)26(39-9)38-8-15-18(32)21(35)23(37)27(41-15)42-25-19(33)16-13(30)6-12(29)7-14(16)40-24(25)10-2-4-11(28)5-3-10/h2-7,9,15,17-18,20-23,26-32,34-37H,8H2,1H3/t9-,15-,17-,18-,20-,21-,22+,23-,26+,27-/m0/s1. The second kappa shape index (κ2) is 11.6. The summed E-state index contributed by atoms with van der Waals surface area (Å²) in [5.74, 6) is -1.97. The number of fused-ring (bicyclic) bond motifs is 1. The summed E-state index contributed by atoms with van der Waals surface area (Å²) in [6.07, 6.45) is -15.8. The van der Waals surface area contributed by atoms with Crippen molar-refractivity contribution in [3.05, 3.63) is 46.6 Å². The van der Waals surface area contributed by atoms with Crippen LogP contribution in [0.4, 0.5) is 0 Å². The molecule has 0 bridgehead atoms. The van der Waals surface area contributed by atoms with E-state index in [0.717, 1.165) is 12.1 Å². The lowest BCUT2D eigenvalue weighted by molar-refractivity contribution is -0.318. The van der Waals surface area contributed by atoms with Crippen LogP contribution in [0.2, 0.25) is 0 Å². The molecular formula is C27H30O15. The van der Waals surface area contributed by atoms with Crippen LogP contribution in [-0.2, 0) is 14.2 Å². The molecule has 15 nitrogen and oxygen atoms in total. The van der Waals surface area contributed by atoms with Crippen molar-refractivity contribution in [2.24, 2.45) is 0 Å². The van der Waals surface area contributed by atoms with Crippen LogP contribution in [0.15, 0.2) is 45.6 Å². The zero-order chi connectivity index (χ0) is 30.5. The van der Waals surface area contributed by atoms with E-state index in [2.05, 4.69) is 0 Å². The molecule has 3 heterocycles. The lowest BCUT2D eigenvalue weighted by atomic mass is 9.98. The Morgan fingerprint density at radius 3 is 2.10 bits per heavy atom. The number of phenols is 3. The zero-order valence-corrected chi connectivity index (χ0v) is 21.9. The molecule has 0 saturated carbocycles. The van der Waals surface area contributed by atoms with Gasteiger partial charge in [0.2, 0.25) is 17.5 Å². The second-order valence-corrected chi connectivity index (χ2v) is 10.1. The van der Waals surface area contributed by atoms with Crippen LogP contribution in [0.3, 0.4) is 0 Å². The summed E-state index contributed by atoms with van der Waals surface area (Å²) < 4.78 is 28.0. The van der Waals surface area contributed by atoms with E-state index in [1.165, 1.54) is 31.2 Å². The summed E-state index contributed by atoms with van der Waals surface area (Å²) in [5.41, 5.74) is -0.956. The van der Waals surface area contributed by atoms with E-state index in [1.54, 1.807) is 0 Å². The van der Waals surface area contributed by atoms with E-state index < -0.39 is 90.7 Å². The molecule has 0 radical (unpaired) electrons. The molecule has 3 aromatic rings. The van der Waals surface area contributed by atoms with Crippen LogP contribution in [0, 0.1) is 0 Å². The van der Waals surface area contributed by atoms with Crippen molar-refractivity contribution in [1.82, 2.24) is 0 Å². The Balaban J connectivity index is 1.46. The predicted octanol–water partition coefficient (Wildman–Crippen LogP) is -1.39. The quantitative estimate of drug-likeness (QED) is 0.159. The normalized spacial score (nSPS) is 33.5. The molecule has 15 heteroatoms. The Bertz CT molecular complexity index is 1470. The number of hydrogen-bond donors (Lipinski definition) is 9. The smallest absolute Gasteiger partial charge is 0.239 e. The van der Waals surface area contributed by atoms with Crippen molar-refractivity contribution < 1.29 is 69.3 Å². The van der Waals surface area contributed by atoms with Gasteiger partial charge in [-0.15, -0.1) is 0 Å². The van der Waals surface area contributed by atoms with Crippen LogP contribution in [0.5, 0.6) is 23.0 Å². The van der Waals surface area contributed by atoms with Gasteiger partial charge < -0.3 is 69.3 Å². The number of ether oxygens (including phenoxy) is 4. The molecule has 2 aromatic carbocycles. The van der Waals surface area contributed by atoms with Gasteiger partial charge in [0.15, 0.2) is 12.1 Å². The number of aromatic hydroxyl groups is 3. The molecule has 0 unspecified atom stereocenters. The molecule has 5 rings (SSSR count). The van der Waals surface area contributed by atoms with E-state index in [0.29, 0.717) is 0 Å². The van der Waals surface area contributed by atoms with Gasteiger partial charge in [-0.2, -0.15) is 0 Å². The maximum absolute atomic E-state index is 13.5. The molecule has 0 aliphatic carbocycles. The highest BCUT2D eigenvalue weighted by Gasteiger charge is 2.47. The summed E-state index contributed by atoms with van der Waals surface area (Å²) in [6.45, 7) is 0.866. The highest BCUT2D eigenvalue weighted by atomic mass is 16.7. The Morgan fingerprint density at radius 2 is 1.40 bits per heavy atom. The predicted molar refractivity (Wildman–Crippen MR) is 139 cm³/mol. The molecule has 0 spiro atoms. The molecule has 1 aromatic heterocycles. The fourth-order valence-corrected chi connectivity index (χ4v) is 4.79. The molecule has 42 heavy (non-hydrogen) atoms. The van der Waals surface area contributed by atoms with Gasteiger partial charge in [0.1, 0.15) is 70.9 Å². The van der Waals surface area contributed by atoms with Gasteiger partial charge in [-0.05, 0) is 31.2 Å². The summed E-state index contributed by atoms with van der Waals surface area (Å²) in [7, 11) is 0. The third-order valence-corrected chi connectivity index (χ3v) is 7.18. The maximum atomic E-state index is 13.5. The molecule has 2 saturated heterocycles. The van der Waals surface area contributed by atoms with Gasteiger partial charge in [0.05, 0.1) is 12.7 Å². The topological polar surface area (TPSA) is 249 Å². The molecular weight excluding hydrogens is 564 g/mol. The highest BCUT2D eigenvalue weighted by molar-refractivity contribution is 5.88. The first-order chi connectivity index (χ1) is 19.9. The molecule has 0 amide bonds. The molecule has 228 valence electrons. The van der Waals surface area contributed by atoms with E-state index in [1.807, 2.05) is 0 Å². The van der Waals surface area contributed by atoms with E-state index >= 15 is 0 Å². The minimum Gasteiger partial charge on any atom is -0.508 e. The van der Waals surface area contributed by atoms with Gasteiger partial charge in [-0.3, -0.25) is 4.79 Å². The minimum absolute atomic E-state index is 0.103. The van der Waals surface area contributed by atoms with Crippen molar-refractivity contribution in [2.45, 2.75) is 68.3 Å². The van der Waals surface area contributed by atoms with Crippen LogP contribution in [-0.4, -0.2) is 114 Å². The first-order valence-electron chi connectivity index (χ1n) is 12.9. The van der Waals surface area contributed by atoms with Gasteiger partial charge in [-0.25, -0.2) is 0 Å². The van der Waals surface area contributed by atoms with Gasteiger partial charge in [-0.1, -0.05) is 0 Å². The second-order valence-electron chi connectivity index (χ2n) is 10.1. The van der Waals surface area contributed by atoms with Crippen LogP contribution < -0.4 is 10.2 Å². The van der Waals surface area contributed by atoms with Gasteiger partial charge in [0, 0.05) is 17.7 Å². The number of aliphatic hydroxyl groups is 6. The molecule has 2 aliphatic heterocycles. The van der Waals surface area contributed by atoms with Crippen LogP contribution in [0.25, 0.3) is 22.3 Å². The monoisotopic (exact) mass is 594 g/mol. The largest absolute Gasteiger partial charge is 0.508 e. The third-order valence-electron chi connectivity index (χ3n) is 7.18. The van der Waals surface area contributed by atoms with E-state index in [-0.39, 0.29) is 28.0 Å². The molecule has 10 atom stereocenters. The minimum atomic E-state index is -1.92. The summed E-state index contributed by atoms with van der Waals surface area (Å²) in [5, 5.41) is 91.4. The van der Waals surface area contributed by atoms with Crippen molar-refractivity contribution in [3.63, 3.8) is 0 Å². The van der Waals surface area contributed by atoms with Crippen molar-refractivity contribution in [2.75, 3.05) is 6.61 Å². The number of aliphatic hydroxyl groups excluding tert-OH is 6. The maximum Gasteiger partial charge on any atom is 0.239 e. The average Bonchev–Trinajstić information content (AvgIpc) is 2.95. The summed E-state index contributed by atoms with van der Waals surface area (Å²) in [6, 6.07) is 7.33. The fourth-order valence-electron chi connectivity index (χ4n) is 4.79. The molecule has 9 N–H and O–H groups in total. The lowest BCUT2D eigenvalue weighted by Gasteiger charge is -2.42. The Labute approximate surface area is 236 Å². The third kappa shape index (κ3) is 5.49. The van der Waals surface area contributed by atoms with Crippen molar-refractivity contribution >= 4 is 11.0 Å². The van der Waals surface area contributed by atoms with Crippen molar-refractivity contribution in [1.29, 1.82) is 0 Å². The fraction of sp³-hybridized carbons (Fsp3) is 0.444. The Morgan fingerprint density at radius 1 is 0.762 bits per heavy atom. The summed E-state index contributed by atoms with van der Waals surface area (Å²) >= 11 is 0. The number of rotatable bonds is 6. The first-order valence-corrected chi connectivity index (χ1v) is 12.9. The average molecular weight is 595 g/mol. The van der Waals surface area contributed by atoms with Gasteiger partial charge in [0.25, 0.3) is 0 Å². The van der Waals surface area contributed by atoms with Crippen molar-refractivity contribution in [3.8, 4) is 34.3 Å². The van der Waals surface area contributed by atoms with E-state index in [9.17, 15) is 50.8 Å². The molecule has 2 fully saturated rings. The van der Waals surface area contributed by atoms with Gasteiger partial charge >= 0.3 is 0 Å². The van der Waals surface area contributed by atoms with E-state index in [4.69, 9.17) is 23.4 Å². The highest BCUT2D eigenvalue weighted by Crippen LogP contribution is 2.37. The lowest BCUT2D eigenvalue weighted by Crippen LogP contribution is -2.61. The summed E-state index contributed by atoms with van der Waals surface area (Å²) in [4.78, 5) is 13.5. The SMILES string of the molecule is C[C@@H]1O[C@@H](OC[C@@H]2O[C@@H](Oc3c(-c4ccc(O)cc4)oc4cc(O)cc(O)c4c3=O)[C@@H](O)[C@@H](O)[C@H]2O)[C@H](O)[C@@H](O)[C@H]1O. The number of benzene rings is 2. The zero-order valence-electron chi connectivity index (χ0n) is 21.9. The Kier molecular flexibility index (Phi) is 8.30. The number of phenolic OH excluding ortho intramolecular Hbond substituents is 3. The first kappa shape index (κ1) is 30.0. The van der Waals surface area contributed by atoms with Crippen LogP contribution in [0.1, 0.15) is 6.92 Å². The van der Waals surface area contributed by atoms with Crippen LogP contribution >= 0.6 is 0 Å².